The van der Waals surface area contributed by atoms with Crippen molar-refractivity contribution in [3.63, 3.8) is 0 Å². The fourth-order valence-electron chi connectivity index (χ4n) is 1.72. The maximum Gasteiger partial charge on any atom is 0.119 e. The Bertz CT molecular complexity index is 372. The molecule has 1 atom stereocenters. The Kier molecular flexibility index (Phi) is 6.24. The molecule has 1 N–H and O–H groups in total. The molecule has 1 aromatic carbocycles. The molecule has 0 radical (unpaired) electrons. The molecule has 0 bridgehead atoms. The third-order valence-corrected chi connectivity index (χ3v) is 2.84. The van der Waals surface area contributed by atoms with Gasteiger partial charge in [0.2, 0.25) is 0 Å². The average molecular weight is 246 g/mol. The molecule has 0 spiro atoms. The van der Waals surface area contributed by atoms with Crippen molar-refractivity contribution in [1.29, 1.82) is 5.26 Å². The standard InChI is InChI=1S/C15H22N2O/c1-3-11-17-15(2,13-16)10-7-12-18-14-8-5-4-6-9-14/h4-6,8-9,17H,3,7,10-12H2,1-2H3. The van der Waals surface area contributed by atoms with Gasteiger partial charge in [0.1, 0.15) is 11.3 Å². The van der Waals surface area contributed by atoms with Crippen LogP contribution in [0, 0.1) is 11.3 Å². The Morgan fingerprint density at radius 3 is 2.67 bits per heavy atom. The molecule has 0 aliphatic carbocycles. The Morgan fingerprint density at radius 2 is 2.06 bits per heavy atom. The number of hydrogen-bond acceptors (Lipinski definition) is 3. The Labute approximate surface area is 110 Å². The summed E-state index contributed by atoms with van der Waals surface area (Å²) in [7, 11) is 0. The number of nitrogens with zero attached hydrogens (tertiary/aromatic N) is 1. The maximum absolute atomic E-state index is 9.17. The number of rotatable bonds is 8. The van der Waals surface area contributed by atoms with Gasteiger partial charge in [-0.15, -0.1) is 0 Å². The molecule has 0 heterocycles. The molecular formula is C15H22N2O. The van der Waals surface area contributed by atoms with Crippen LogP contribution in [-0.4, -0.2) is 18.7 Å². The third-order valence-electron chi connectivity index (χ3n) is 2.84. The molecule has 3 heteroatoms. The molecule has 1 rings (SSSR count). The second-order valence-electron chi connectivity index (χ2n) is 4.64. The summed E-state index contributed by atoms with van der Waals surface area (Å²) in [5.41, 5.74) is -0.434. The van der Waals surface area contributed by atoms with Gasteiger partial charge in [0.15, 0.2) is 0 Å². The van der Waals surface area contributed by atoms with Gasteiger partial charge in [0.25, 0.3) is 0 Å². The summed E-state index contributed by atoms with van der Waals surface area (Å²) in [6.07, 6.45) is 2.71. The summed E-state index contributed by atoms with van der Waals surface area (Å²) in [5.74, 6) is 0.887. The highest BCUT2D eigenvalue weighted by Gasteiger charge is 2.21. The summed E-state index contributed by atoms with van der Waals surface area (Å²) in [6.45, 7) is 5.58. The van der Waals surface area contributed by atoms with Gasteiger partial charge in [-0.3, -0.25) is 5.32 Å². The second-order valence-corrected chi connectivity index (χ2v) is 4.64. The lowest BCUT2D eigenvalue weighted by molar-refractivity contribution is 0.285. The summed E-state index contributed by atoms with van der Waals surface area (Å²) in [4.78, 5) is 0. The number of nitrogens with one attached hydrogen (secondary N) is 1. The molecule has 0 saturated heterocycles. The molecule has 1 unspecified atom stereocenters. The van der Waals surface area contributed by atoms with Crippen molar-refractivity contribution in [3.05, 3.63) is 30.3 Å². The van der Waals surface area contributed by atoms with E-state index in [1.807, 2.05) is 37.3 Å². The minimum absolute atomic E-state index is 0.434. The Morgan fingerprint density at radius 1 is 1.33 bits per heavy atom. The van der Waals surface area contributed by atoms with Crippen molar-refractivity contribution < 1.29 is 4.74 Å². The third kappa shape index (κ3) is 5.20. The van der Waals surface area contributed by atoms with Gasteiger partial charge < -0.3 is 4.74 Å². The van der Waals surface area contributed by atoms with Crippen LogP contribution in [0.2, 0.25) is 0 Å². The molecule has 0 saturated carbocycles. The van der Waals surface area contributed by atoms with Gasteiger partial charge >= 0.3 is 0 Å². The van der Waals surface area contributed by atoms with Crippen molar-refractivity contribution in [3.8, 4) is 11.8 Å². The van der Waals surface area contributed by atoms with E-state index < -0.39 is 5.54 Å². The van der Waals surface area contributed by atoms with Crippen molar-refractivity contribution in [2.75, 3.05) is 13.2 Å². The van der Waals surface area contributed by atoms with Gasteiger partial charge in [-0.25, -0.2) is 0 Å². The van der Waals surface area contributed by atoms with Gasteiger partial charge in [-0.05, 0) is 44.9 Å². The van der Waals surface area contributed by atoms with Crippen molar-refractivity contribution in [2.45, 2.75) is 38.6 Å². The quantitative estimate of drug-likeness (QED) is 0.717. The second kappa shape index (κ2) is 7.73. The zero-order chi connectivity index (χ0) is 13.3. The molecule has 0 aliphatic heterocycles. The van der Waals surface area contributed by atoms with Crippen LogP contribution in [0.15, 0.2) is 30.3 Å². The van der Waals surface area contributed by atoms with Crippen molar-refractivity contribution in [1.82, 2.24) is 5.32 Å². The van der Waals surface area contributed by atoms with E-state index in [9.17, 15) is 5.26 Å². The normalized spacial score (nSPS) is 13.6. The van der Waals surface area contributed by atoms with Crippen LogP contribution >= 0.6 is 0 Å². The van der Waals surface area contributed by atoms with Crippen LogP contribution in [0.25, 0.3) is 0 Å². The lowest BCUT2D eigenvalue weighted by Crippen LogP contribution is -2.41. The molecule has 0 fully saturated rings. The van der Waals surface area contributed by atoms with Crippen molar-refractivity contribution >= 4 is 0 Å². The van der Waals surface area contributed by atoms with Gasteiger partial charge in [0.05, 0.1) is 12.7 Å². The fourth-order valence-corrected chi connectivity index (χ4v) is 1.72. The number of hydrogen-bond donors (Lipinski definition) is 1. The summed E-state index contributed by atoms with van der Waals surface area (Å²) >= 11 is 0. The number of nitriles is 1. The first-order valence-electron chi connectivity index (χ1n) is 6.54. The first-order chi connectivity index (χ1) is 8.70. The lowest BCUT2D eigenvalue weighted by atomic mass is 9.98. The summed E-state index contributed by atoms with van der Waals surface area (Å²) < 4.78 is 5.61. The van der Waals surface area contributed by atoms with E-state index in [4.69, 9.17) is 4.74 Å². The monoisotopic (exact) mass is 246 g/mol. The van der Waals surface area contributed by atoms with Crippen LogP contribution in [0.4, 0.5) is 0 Å². The van der Waals surface area contributed by atoms with Crippen LogP contribution < -0.4 is 10.1 Å². The minimum Gasteiger partial charge on any atom is -0.494 e. The first-order valence-corrected chi connectivity index (χ1v) is 6.54. The molecule has 18 heavy (non-hydrogen) atoms. The number of ether oxygens (including phenoxy) is 1. The summed E-state index contributed by atoms with van der Waals surface area (Å²) in [5, 5.41) is 12.5. The van der Waals surface area contributed by atoms with Gasteiger partial charge in [0, 0.05) is 0 Å². The molecule has 3 nitrogen and oxygen atoms in total. The van der Waals surface area contributed by atoms with Crippen LogP contribution in [0.1, 0.15) is 33.1 Å². The molecule has 0 amide bonds. The average Bonchev–Trinajstić information content (AvgIpc) is 2.43. The molecular weight excluding hydrogens is 224 g/mol. The van der Waals surface area contributed by atoms with Gasteiger partial charge in [-0.1, -0.05) is 25.1 Å². The SMILES string of the molecule is CCCNC(C)(C#N)CCCOc1ccccc1. The Balaban J connectivity index is 2.26. The zero-order valence-corrected chi connectivity index (χ0v) is 11.3. The van der Waals surface area contributed by atoms with E-state index in [-0.39, 0.29) is 0 Å². The molecule has 98 valence electrons. The number of para-hydroxylation sites is 1. The molecule has 0 aliphatic rings. The molecule has 0 aromatic heterocycles. The van der Waals surface area contributed by atoms with E-state index in [0.717, 1.165) is 31.6 Å². The smallest absolute Gasteiger partial charge is 0.119 e. The predicted octanol–water partition coefficient (Wildman–Crippen LogP) is 3.13. The zero-order valence-electron chi connectivity index (χ0n) is 11.3. The fraction of sp³-hybridized carbons (Fsp3) is 0.533. The van der Waals surface area contributed by atoms with Crippen LogP contribution in [0.5, 0.6) is 5.75 Å². The van der Waals surface area contributed by atoms with E-state index in [1.165, 1.54) is 0 Å². The van der Waals surface area contributed by atoms with Crippen LogP contribution in [-0.2, 0) is 0 Å². The summed E-state index contributed by atoms with van der Waals surface area (Å²) in [6, 6.07) is 12.1. The van der Waals surface area contributed by atoms with Gasteiger partial charge in [-0.2, -0.15) is 5.26 Å². The highest BCUT2D eigenvalue weighted by atomic mass is 16.5. The topological polar surface area (TPSA) is 45.0 Å². The largest absolute Gasteiger partial charge is 0.494 e. The van der Waals surface area contributed by atoms with E-state index >= 15 is 0 Å². The van der Waals surface area contributed by atoms with E-state index in [1.54, 1.807) is 0 Å². The van der Waals surface area contributed by atoms with Crippen LogP contribution in [0.3, 0.4) is 0 Å². The number of benzene rings is 1. The minimum atomic E-state index is -0.434. The predicted molar refractivity (Wildman–Crippen MR) is 73.5 cm³/mol. The van der Waals surface area contributed by atoms with Crippen molar-refractivity contribution in [2.24, 2.45) is 0 Å². The molecule has 1 aromatic rings. The maximum atomic E-state index is 9.17. The van der Waals surface area contributed by atoms with E-state index in [0.29, 0.717) is 6.61 Å². The Hall–Kier alpha value is -1.53. The lowest BCUT2D eigenvalue weighted by Gasteiger charge is -2.22. The highest BCUT2D eigenvalue weighted by Crippen LogP contribution is 2.13. The highest BCUT2D eigenvalue weighted by molar-refractivity contribution is 5.20. The first kappa shape index (κ1) is 14.5. The van der Waals surface area contributed by atoms with E-state index in [2.05, 4.69) is 18.3 Å².